The Labute approximate surface area is 248 Å². The second-order valence-corrected chi connectivity index (χ2v) is 11.1. The van der Waals surface area contributed by atoms with Crippen molar-refractivity contribution in [3.05, 3.63) is 36.0 Å². The van der Waals surface area contributed by atoms with Gasteiger partial charge in [0.05, 0.1) is 17.9 Å². The fourth-order valence-electron chi connectivity index (χ4n) is 6.05. The van der Waals surface area contributed by atoms with E-state index >= 15 is 0 Å². The lowest BCUT2D eigenvalue weighted by atomic mass is 9.80. The van der Waals surface area contributed by atoms with Crippen molar-refractivity contribution in [3.8, 4) is 0 Å². The molecule has 1 aliphatic heterocycles. The number of hydrogen-bond acceptors (Lipinski definition) is 8. The summed E-state index contributed by atoms with van der Waals surface area (Å²) in [5.74, 6) is 0.524. The quantitative estimate of drug-likeness (QED) is 0.390. The molecule has 0 bridgehead atoms. The molecule has 1 aliphatic carbocycles. The molecule has 1 N–H and O–H groups in total. The number of nitrogens with one attached hydrogen (secondary N) is 1. The number of Topliss-reactive ketones (excluding diaryl/α,β-unsaturated/α-hetero) is 1. The maximum atomic E-state index is 13.5. The molecular formula is C31H43N7O4. The normalized spacial score (nSPS) is 17.0. The molecule has 1 aromatic carbocycles. The Kier molecular flexibility index (Phi) is 9.48. The first-order chi connectivity index (χ1) is 20.1. The first-order valence-corrected chi connectivity index (χ1v) is 15.0. The number of rotatable bonds is 11. The zero-order valence-corrected chi connectivity index (χ0v) is 25.6. The molecule has 1 aromatic heterocycles. The molecule has 2 aromatic rings. The van der Waals surface area contributed by atoms with Crippen LogP contribution in [-0.4, -0.2) is 76.8 Å². The molecule has 226 valence electrons. The van der Waals surface area contributed by atoms with E-state index in [2.05, 4.69) is 10.3 Å². The lowest BCUT2D eigenvalue weighted by Gasteiger charge is -2.35. The SMILES string of the molecule is CCN(CC)c1ncc(N(CC)C(C)=O)c(N[C@@H](Cc2ccc(N3C(=O)N(C)C4(CCCCC4)C3=O)cc2)C(C)=O)n1. The van der Waals surface area contributed by atoms with Crippen molar-refractivity contribution in [3.63, 3.8) is 0 Å². The number of carbonyl (C=O) groups is 4. The third kappa shape index (κ3) is 5.82. The van der Waals surface area contributed by atoms with Crippen LogP contribution in [0.2, 0.25) is 0 Å². The van der Waals surface area contributed by atoms with Gasteiger partial charge in [0.2, 0.25) is 11.9 Å². The highest BCUT2D eigenvalue weighted by atomic mass is 16.2. The molecule has 2 aliphatic rings. The van der Waals surface area contributed by atoms with Gasteiger partial charge in [-0.05, 0) is 64.7 Å². The van der Waals surface area contributed by atoms with Crippen molar-refractivity contribution in [2.75, 3.05) is 46.7 Å². The Morgan fingerprint density at radius 1 is 1.00 bits per heavy atom. The van der Waals surface area contributed by atoms with Gasteiger partial charge < -0.3 is 20.0 Å². The number of carbonyl (C=O) groups excluding carboxylic acids is 4. The predicted octanol–water partition coefficient (Wildman–Crippen LogP) is 4.41. The Morgan fingerprint density at radius 2 is 1.64 bits per heavy atom. The number of benzene rings is 1. The minimum atomic E-state index is -0.747. The van der Waals surface area contributed by atoms with Gasteiger partial charge in [0, 0.05) is 33.6 Å². The summed E-state index contributed by atoms with van der Waals surface area (Å²) in [4.78, 5) is 67.6. The number of amides is 4. The van der Waals surface area contributed by atoms with Crippen LogP contribution in [0.5, 0.6) is 0 Å². The van der Waals surface area contributed by atoms with Gasteiger partial charge in [0.15, 0.2) is 11.6 Å². The molecule has 42 heavy (non-hydrogen) atoms. The minimum absolute atomic E-state index is 0.0929. The van der Waals surface area contributed by atoms with Gasteiger partial charge >= 0.3 is 6.03 Å². The summed E-state index contributed by atoms with van der Waals surface area (Å²) in [5, 5.41) is 3.29. The van der Waals surface area contributed by atoms with Crippen molar-refractivity contribution in [1.82, 2.24) is 14.9 Å². The third-order valence-electron chi connectivity index (χ3n) is 8.63. The second kappa shape index (κ2) is 12.9. The largest absolute Gasteiger partial charge is 0.358 e. The third-order valence-corrected chi connectivity index (χ3v) is 8.63. The summed E-state index contributed by atoms with van der Waals surface area (Å²) in [6.45, 7) is 10.7. The van der Waals surface area contributed by atoms with E-state index in [4.69, 9.17) is 4.98 Å². The molecule has 0 radical (unpaired) electrons. The summed E-state index contributed by atoms with van der Waals surface area (Å²) in [5.41, 5.74) is 1.14. The van der Waals surface area contributed by atoms with E-state index in [0.29, 0.717) is 62.0 Å². The number of aromatic nitrogens is 2. The summed E-state index contributed by atoms with van der Waals surface area (Å²) < 4.78 is 0. The highest BCUT2D eigenvalue weighted by Gasteiger charge is 2.56. The maximum Gasteiger partial charge on any atom is 0.332 e. The number of imide groups is 1. The van der Waals surface area contributed by atoms with Crippen LogP contribution >= 0.6 is 0 Å². The van der Waals surface area contributed by atoms with E-state index in [-0.39, 0.29) is 23.6 Å². The minimum Gasteiger partial charge on any atom is -0.358 e. The van der Waals surface area contributed by atoms with Gasteiger partial charge in [-0.2, -0.15) is 4.98 Å². The van der Waals surface area contributed by atoms with Crippen LogP contribution in [0.1, 0.15) is 72.3 Å². The molecule has 1 saturated carbocycles. The second-order valence-electron chi connectivity index (χ2n) is 11.1. The molecule has 1 atom stereocenters. The number of urea groups is 1. The fraction of sp³-hybridized carbons (Fsp3) is 0.548. The molecule has 0 unspecified atom stereocenters. The van der Waals surface area contributed by atoms with Gasteiger partial charge in [0.25, 0.3) is 5.91 Å². The Bertz CT molecular complexity index is 1320. The molecule has 4 amide bonds. The standard InChI is InChI=1S/C31H43N7O4/c1-7-36(8-2)29-32-20-26(37(9-3)22(5)40)27(34-29)33-25(21(4)39)19-23-13-15-24(16-14-23)38-28(41)31(35(6)30(38)42)17-11-10-12-18-31/h13-16,20,25H,7-12,17-19H2,1-6H3,(H,32,33,34)/t25-/m0/s1. The highest BCUT2D eigenvalue weighted by Crippen LogP contribution is 2.41. The first-order valence-electron chi connectivity index (χ1n) is 15.0. The van der Waals surface area contributed by atoms with Gasteiger partial charge in [-0.3, -0.25) is 14.4 Å². The van der Waals surface area contributed by atoms with Crippen LogP contribution in [0, 0.1) is 0 Å². The van der Waals surface area contributed by atoms with E-state index in [1.165, 1.54) is 18.7 Å². The predicted molar refractivity (Wildman–Crippen MR) is 164 cm³/mol. The molecule has 11 nitrogen and oxygen atoms in total. The molecule has 2 heterocycles. The maximum absolute atomic E-state index is 13.5. The Hall–Kier alpha value is -4.02. The molecule has 1 saturated heterocycles. The zero-order valence-electron chi connectivity index (χ0n) is 25.6. The summed E-state index contributed by atoms with van der Waals surface area (Å²) >= 11 is 0. The van der Waals surface area contributed by atoms with Gasteiger partial charge in [0.1, 0.15) is 11.2 Å². The fourth-order valence-corrected chi connectivity index (χ4v) is 6.05. The van der Waals surface area contributed by atoms with Crippen molar-refractivity contribution in [2.24, 2.45) is 0 Å². The van der Waals surface area contributed by atoms with Crippen molar-refractivity contribution in [1.29, 1.82) is 0 Å². The number of likely N-dealkylation sites (N-methyl/N-ethyl adjacent to an activating group) is 1. The van der Waals surface area contributed by atoms with Crippen LogP contribution < -0.4 is 20.0 Å². The van der Waals surface area contributed by atoms with Crippen molar-refractivity contribution >= 4 is 46.8 Å². The number of ketones is 1. The lowest BCUT2D eigenvalue weighted by Crippen LogP contribution is -2.49. The zero-order chi connectivity index (χ0) is 30.6. The molecule has 11 heteroatoms. The average molecular weight is 578 g/mol. The van der Waals surface area contributed by atoms with Gasteiger partial charge in [-0.15, -0.1) is 0 Å². The average Bonchev–Trinajstić information content (AvgIpc) is 3.15. The molecule has 2 fully saturated rings. The van der Waals surface area contributed by atoms with Crippen molar-refractivity contribution in [2.45, 2.75) is 84.7 Å². The number of anilines is 4. The van der Waals surface area contributed by atoms with Crippen LogP contribution in [0.15, 0.2) is 30.5 Å². The molecule has 4 rings (SSSR count). The van der Waals surface area contributed by atoms with Crippen LogP contribution in [0.4, 0.5) is 27.9 Å². The summed E-state index contributed by atoms with van der Waals surface area (Å²) in [6, 6.07) is 6.28. The van der Waals surface area contributed by atoms with E-state index in [0.717, 1.165) is 24.8 Å². The van der Waals surface area contributed by atoms with Gasteiger partial charge in [-0.1, -0.05) is 31.4 Å². The highest BCUT2D eigenvalue weighted by molar-refractivity contribution is 6.23. The summed E-state index contributed by atoms with van der Waals surface area (Å²) in [6.07, 6.45) is 6.29. The number of nitrogens with zero attached hydrogens (tertiary/aromatic N) is 6. The lowest BCUT2D eigenvalue weighted by molar-refractivity contribution is -0.126. The molecule has 1 spiro atoms. The van der Waals surface area contributed by atoms with E-state index in [1.807, 2.05) is 37.8 Å². The monoisotopic (exact) mass is 577 g/mol. The van der Waals surface area contributed by atoms with Crippen LogP contribution in [-0.2, 0) is 20.8 Å². The van der Waals surface area contributed by atoms with E-state index < -0.39 is 11.6 Å². The van der Waals surface area contributed by atoms with E-state index in [9.17, 15) is 19.2 Å². The Balaban J connectivity index is 1.58. The Morgan fingerprint density at radius 3 is 2.19 bits per heavy atom. The van der Waals surface area contributed by atoms with Gasteiger partial charge in [-0.25, -0.2) is 14.7 Å². The van der Waals surface area contributed by atoms with Crippen LogP contribution in [0.25, 0.3) is 0 Å². The van der Waals surface area contributed by atoms with Crippen molar-refractivity contribution < 1.29 is 19.2 Å². The smallest absolute Gasteiger partial charge is 0.332 e. The number of hydrogen-bond donors (Lipinski definition) is 1. The molecular weight excluding hydrogens is 534 g/mol. The van der Waals surface area contributed by atoms with Crippen LogP contribution in [0.3, 0.4) is 0 Å². The first kappa shape index (κ1) is 30.9. The van der Waals surface area contributed by atoms with E-state index in [1.54, 1.807) is 35.2 Å². The topological polar surface area (TPSA) is 119 Å². The summed E-state index contributed by atoms with van der Waals surface area (Å²) in [7, 11) is 1.72.